The monoisotopic (exact) mass is 221 g/mol. The topological polar surface area (TPSA) is 53.8 Å². The first-order valence-corrected chi connectivity index (χ1v) is 6.28. The average molecular weight is 221 g/mol. The Morgan fingerprint density at radius 1 is 1.07 bits per heavy atom. The summed E-state index contributed by atoms with van der Waals surface area (Å²) in [4.78, 5) is 0. The Morgan fingerprint density at radius 3 is 2.13 bits per heavy atom. The van der Waals surface area contributed by atoms with E-state index in [9.17, 15) is 4.57 Å². The lowest BCUT2D eigenvalue weighted by Crippen LogP contribution is -2.29. The van der Waals surface area contributed by atoms with Crippen LogP contribution in [0, 0.1) is 0 Å². The molecule has 0 saturated carbocycles. The Balaban J connectivity index is 2.52. The van der Waals surface area contributed by atoms with E-state index in [1.165, 1.54) is 0 Å². The van der Waals surface area contributed by atoms with Crippen molar-refractivity contribution in [3.63, 3.8) is 0 Å². The van der Waals surface area contributed by atoms with Gasteiger partial charge in [-0.15, -0.1) is 0 Å². The van der Waals surface area contributed by atoms with Gasteiger partial charge in [-0.05, 0) is 26.0 Å². The number of nitrogens with zero attached hydrogens (tertiary/aromatic N) is 2. The first-order valence-electron chi connectivity index (χ1n) is 4.66. The molecule has 2 rings (SSSR count). The van der Waals surface area contributed by atoms with Crippen LogP contribution in [0.4, 0.5) is 0 Å². The maximum atomic E-state index is 12.4. The Bertz CT molecular complexity index is 457. The van der Waals surface area contributed by atoms with Crippen molar-refractivity contribution < 1.29 is 4.57 Å². The van der Waals surface area contributed by atoms with Crippen molar-refractivity contribution in [2.45, 2.75) is 13.8 Å². The number of nitrogens with one attached hydrogen (secondary N) is 1. The Labute approximate surface area is 88.6 Å². The van der Waals surface area contributed by atoms with Crippen LogP contribution in [0.1, 0.15) is 13.8 Å². The van der Waals surface area contributed by atoms with Crippen LogP contribution in [0.5, 0.6) is 0 Å². The summed E-state index contributed by atoms with van der Waals surface area (Å²) in [5.74, 6) is 1.30. The normalized spacial score (nSPS) is 18.8. The molecule has 0 aliphatic carbocycles. The fourth-order valence-electron chi connectivity index (χ4n) is 1.48. The van der Waals surface area contributed by atoms with E-state index in [2.05, 4.69) is 14.8 Å². The van der Waals surface area contributed by atoms with E-state index < -0.39 is 7.44 Å². The molecule has 0 bridgehead atoms. The maximum Gasteiger partial charge on any atom is 0.331 e. The second-order valence-corrected chi connectivity index (χ2v) is 5.38. The predicted molar refractivity (Wildman–Crippen MR) is 63.0 cm³/mol. The molecule has 15 heavy (non-hydrogen) atoms. The van der Waals surface area contributed by atoms with Crippen molar-refractivity contribution in [2.24, 2.45) is 9.53 Å². The van der Waals surface area contributed by atoms with Gasteiger partial charge in [0, 0.05) is 0 Å². The molecule has 0 amide bonds. The number of hydrogen-bond donors (Lipinski definition) is 1. The second kappa shape index (κ2) is 3.63. The maximum absolute atomic E-state index is 12.4. The van der Waals surface area contributed by atoms with E-state index in [1.807, 2.05) is 18.2 Å². The molecular formula is C10H12N3OP. The molecule has 0 radical (unpaired) electrons. The number of benzene rings is 1. The summed E-state index contributed by atoms with van der Waals surface area (Å²) in [5.41, 5.74) is 0. The van der Waals surface area contributed by atoms with Gasteiger partial charge in [-0.2, -0.15) is 9.53 Å². The van der Waals surface area contributed by atoms with Crippen LogP contribution in [-0.2, 0) is 4.57 Å². The highest BCUT2D eigenvalue weighted by molar-refractivity contribution is 7.69. The summed E-state index contributed by atoms with van der Waals surface area (Å²) in [6.45, 7) is 3.57. The fraction of sp³-hybridized carbons (Fsp3) is 0.200. The third kappa shape index (κ3) is 2.00. The van der Waals surface area contributed by atoms with Crippen LogP contribution in [0.25, 0.3) is 0 Å². The van der Waals surface area contributed by atoms with E-state index in [0.29, 0.717) is 17.0 Å². The zero-order valence-electron chi connectivity index (χ0n) is 8.64. The van der Waals surface area contributed by atoms with Crippen LogP contribution in [0.15, 0.2) is 39.9 Å². The minimum absolute atomic E-state index is 0.648. The highest BCUT2D eigenvalue weighted by atomic mass is 31.2. The van der Waals surface area contributed by atoms with Crippen molar-refractivity contribution in [2.75, 3.05) is 0 Å². The first kappa shape index (κ1) is 10.1. The Hall–Kier alpha value is -1.41. The molecule has 0 unspecified atom stereocenters. The molecule has 0 aromatic heterocycles. The molecule has 4 nitrogen and oxygen atoms in total. The average Bonchev–Trinajstić information content (AvgIpc) is 2.17. The molecule has 78 valence electrons. The van der Waals surface area contributed by atoms with Crippen molar-refractivity contribution in [3.05, 3.63) is 30.3 Å². The van der Waals surface area contributed by atoms with Gasteiger partial charge in [-0.1, -0.05) is 18.2 Å². The van der Waals surface area contributed by atoms with E-state index >= 15 is 0 Å². The molecule has 0 atom stereocenters. The molecule has 0 fully saturated rings. The molecule has 1 aromatic carbocycles. The van der Waals surface area contributed by atoms with Gasteiger partial charge in [-0.25, -0.2) is 0 Å². The van der Waals surface area contributed by atoms with Crippen LogP contribution in [0.3, 0.4) is 0 Å². The third-order valence-corrected chi connectivity index (χ3v) is 4.14. The van der Waals surface area contributed by atoms with Crippen LogP contribution in [-0.4, -0.2) is 11.7 Å². The van der Waals surface area contributed by atoms with Crippen molar-refractivity contribution in [3.8, 4) is 0 Å². The molecular weight excluding hydrogens is 209 g/mol. The standard InChI is InChI=1S/C10H12N3OP/c1-8-11-9(2)13-15(14,12-8)10-6-4-3-5-7-10/h3-7H,1-2H3,(H,11,12,13,14). The quantitative estimate of drug-likeness (QED) is 0.737. The molecule has 0 saturated heterocycles. The Morgan fingerprint density at radius 2 is 1.60 bits per heavy atom. The van der Waals surface area contributed by atoms with Crippen molar-refractivity contribution in [1.82, 2.24) is 5.32 Å². The SMILES string of the molecule is CC1=NP(=O)(c2ccccc2)N=C(C)N1. The fourth-order valence-corrected chi connectivity index (χ4v) is 3.23. The van der Waals surface area contributed by atoms with Crippen LogP contribution < -0.4 is 10.6 Å². The number of hydrogen-bond acceptors (Lipinski definition) is 2. The van der Waals surface area contributed by atoms with Gasteiger partial charge in [-0.3, -0.25) is 4.57 Å². The summed E-state index contributed by atoms with van der Waals surface area (Å²) < 4.78 is 20.7. The predicted octanol–water partition coefficient (Wildman–Crippen LogP) is 1.95. The van der Waals surface area contributed by atoms with E-state index in [0.717, 1.165) is 0 Å². The molecule has 1 heterocycles. The largest absolute Gasteiger partial charge is 0.332 e. The summed E-state index contributed by atoms with van der Waals surface area (Å²) in [6.07, 6.45) is 0. The summed E-state index contributed by atoms with van der Waals surface area (Å²) in [7, 11) is -2.96. The van der Waals surface area contributed by atoms with Gasteiger partial charge >= 0.3 is 7.44 Å². The lowest BCUT2D eigenvalue weighted by Gasteiger charge is -2.17. The van der Waals surface area contributed by atoms with Gasteiger partial charge in [0.1, 0.15) is 11.7 Å². The van der Waals surface area contributed by atoms with E-state index in [4.69, 9.17) is 0 Å². The van der Waals surface area contributed by atoms with Crippen LogP contribution in [0.2, 0.25) is 0 Å². The molecule has 0 spiro atoms. The zero-order valence-corrected chi connectivity index (χ0v) is 9.53. The van der Waals surface area contributed by atoms with Crippen LogP contribution >= 0.6 is 7.44 Å². The minimum atomic E-state index is -2.96. The molecule has 1 N–H and O–H groups in total. The van der Waals surface area contributed by atoms with Gasteiger partial charge < -0.3 is 5.32 Å². The summed E-state index contributed by atoms with van der Waals surface area (Å²) >= 11 is 0. The van der Waals surface area contributed by atoms with Gasteiger partial charge in [0.2, 0.25) is 0 Å². The Kier molecular flexibility index (Phi) is 2.45. The zero-order chi connectivity index (χ0) is 10.9. The van der Waals surface area contributed by atoms with E-state index in [1.54, 1.807) is 26.0 Å². The van der Waals surface area contributed by atoms with Gasteiger partial charge in [0.25, 0.3) is 0 Å². The number of rotatable bonds is 1. The third-order valence-electron chi connectivity index (χ3n) is 2.03. The molecule has 1 aliphatic rings. The molecule has 5 heteroatoms. The van der Waals surface area contributed by atoms with Gasteiger partial charge in [0.15, 0.2) is 0 Å². The lowest BCUT2D eigenvalue weighted by atomic mass is 10.4. The van der Waals surface area contributed by atoms with Gasteiger partial charge in [0.05, 0.1) is 5.30 Å². The molecule has 1 aliphatic heterocycles. The van der Waals surface area contributed by atoms with Crippen molar-refractivity contribution in [1.29, 1.82) is 0 Å². The minimum Gasteiger partial charge on any atom is -0.332 e. The van der Waals surface area contributed by atoms with Crippen molar-refractivity contribution >= 4 is 24.4 Å². The highest BCUT2D eigenvalue weighted by Crippen LogP contribution is 2.49. The molecule has 1 aromatic rings. The summed E-state index contributed by atoms with van der Waals surface area (Å²) in [6, 6.07) is 9.14. The smallest absolute Gasteiger partial charge is 0.331 e. The number of amidine groups is 2. The summed E-state index contributed by atoms with van der Waals surface area (Å²) in [5, 5.41) is 3.60. The second-order valence-electron chi connectivity index (χ2n) is 3.38. The first-order chi connectivity index (χ1) is 7.10. The highest BCUT2D eigenvalue weighted by Gasteiger charge is 2.26. The lowest BCUT2D eigenvalue weighted by molar-refractivity contribution is 0.583. The van der Waals surface area contributed by atoms with E-state index in [-0.39, 0.29) is 0 Å².